The van der Waals surface area contributed by atoms with E-state index in [1.54, 1.807) is 24.3 Å². The van der Waals surface area contributed by atoms with E-state index in [1.807, 2.05) is 0 Å². The summed E-state index contributed by atoms with van der Waals surface area (Å²) in [4.78, 5) is 0.0499. The van der Waals surface area contributed by atoms with Crippen LogP contribution in [0.3, 0.4) is 0 Å². The lowest BCUT2D eigenvalue weighted by Gasteiger charge is -2.34. The van der Waals surface area contributed by atoms with Crippen molar-refractivity contribution in [1.29, 1.82) is 0 Å². The highest BCUT2D eigenvalue weighted by molar-refractivity contribution is 7.17. The van der Waals surface area contributed by atoms with Crippen LogP contribution in [-0.4, -0.2) is 29.6 Å². The third kappa shape index (κ3) is 4.34. The molecule has 0 aliphatic heterocycles. The van der Waals surface area contributed by atoms with Crippen LogP contribution >= 0.6 is 11.3 Å². The maximum Gasteiger partial charge on any atom is 0.435 e. The smallest absolute Gasteiger partial charge is 0.435 e. The van der Waals surface area contributed by atoms with Gasteiger partial charge in [-0.15, -0.1) is 0 Å². The van der Waals surface area contributed by atoms with Gasteiger partial charge in [-0.2, -0.15) is 22.0 Å². The van der Waals surface area contributed by atoms with Gasteiger partial charge in [-0.05, 0) is 34.7 Å². The number of hydrogen-bond acceptors (Lipinski definition) is 4. The summed E-state index contributed by atoms with van der Waals surface area (Å²) >= 11 is 0.856. The van der Waals surface area contributed by atoms with Crippen LogP contribution in [-0.2, 0) is 18.7 Å². The Hall–Kier alpha value is -2.56. The number of hydrogen-bond donors (Lipinski definition) is 2. The van der Waals surface area contributed by atoms with Gasteiger partial charge in [-0.25, -0.2) is 4.39 Å². The second-order valence-electron chi connectivity index (χ2n) is 7.26. The zero-order valence-corrected chi connectivity index (χ0v) is 18.3. The van der Waals surface area contributed by atoms with Crippen LogP contribution in [0, 0.1) is 0 Å². The van der Waals surface area contributed by atoms with E-state index in [9.17, 15) is 27.1 Å². The first-order chi connectivity index (χ1) is 15.4. The minimum Gasteiger partial charge on any atom is -0.487 e. The van der Waals surface area contributed by atoms with Crippen LogP contribution < -0.4 is 4.74 Å². The zero-order valence-electron chi connectivity index (χ0n) is 17.5. The number of alkyl halides is 6. The van der Waals surface area contributed by atoms with Gasteiger partial charge in [0.2, 0.25) is 0 Å². The standard InChI is InChI=1S/C23H20F6O3S/c1-3-14-5-4-6-16(19(14)21(24,22(25,26)27)23(28,29)31)18-11-17(20(32-2)33-18)15-9-7-13(12-30)8-10-15/h4-11,30-31H,3,12H2,1-2H3. The minimum atomic E-state index is -6.10. The molecule has 0 saturated carbocycles. The molecule has 33 heavy (non-hydrogen) atoms. The van der Waals surface area contributed by atoms with Crippen molar-refractivity contribution in [3.05, 3.63) is 65.2 Å². The molecule has 0 saturated heterocycles. The van der Waals surface area contributed by atoms with Gasteiger partial charge < -0.3 is 14.9 Å². The van der Waals surface area contributed by atoms with Gasteiger partial charge in [0.15, 0.2) is 5.06 Å². The summed E-state index contributed by atoms with van der Waals surface area (Å²) < 4.78 is 89.6. The summed E-state index contributed by atoms with van der Waals surface area (Å²) in [7, 11) is 1.33. The van der Waals surface area contributed by atoms with Gasteiger partial charge >= 0.3 is 18.0 Å². The molecule has 0 fully saturated rings. The van der Waals surface area contributed by atoms with Gasteiger partial charge in [-0.1, -0.05) is 60.7 Å². The maximum atomic E-state index is 15.4. The number of aliphatic hydroxyl groups is 2. The van der Waals surface area contributed by atoms with Crippen molar-refractivity contribution in [3.8, 4) is 26.6 Å². The average molecular weight is 490 g/mol. The number of ether oxygens (including phenoxy) is 1. The molecular formula is C23H20F6O3S. The molecule has 2 aromatic carbocycles. The van der Waals surface area contributed by atoms with E-state index >= 15 is 4.39 Å². The summed E-state index contributed by atoms with van der Waals surface area (Å²) in [5.41, 5.74) is -5.74. The Morgan fingerprint density at radius 1 is 0.939 bits per heavy atom. The highest BCUT2D eigenvalue weighted by Crippen LogP contribution is 2.56. The SMILES string of the molecule is CCc1cccc(-c2cc(-c3ccc(CO)cc3)c(OC)s2)c1C(F)(C(O)(F)F)C(F)(F)F. The molecule has 10 heteroatoms. The molecule has 1 aromatic heterocycles. The predicted octanol–water partition coefficient (Wildman–Crippen LogP) is 6.46. The van der Waals surface area contributed by atoms with E-state index in [-0.39, 0.29) is 28.5 Å². The second-order valence-corrected chi connectivity index (χ2v) is 8.28. The molecule has 2 N–H and O–H groups in total. The Balaban J connectivity index is 2.30. The van der Waals surface area contributed by atoms with Crippen LogP contribution in [0.25, 0.3) is 21.6 Å². The van der Waals surface area contributed by atoms with E-state index in [2.05, 4.69) is 0 Å². The Kier molecular flexibility index (Phi) is 6.84. The van der Waals surface area contributed by atoms with Crippen molar-refractivity contribution in [1.82, 2.24) is 0 Å². The van der Waals surface area contributed by atoms with Crippen molar-refractivity contribution in [2.45, 2.75) is 37.9 Å². The summed E-state index contributed by atoms with van der Waals surface area (Å²) in [5, 5.41) is 18.6. The molecule has 0 bridgehead atoms. The zero-order chi connectivity index (χ0) is 24.6. The molecule has 0 aliphatic carbocycles. The quantitative estimate of drug-likeness (QED) is 0.374. The van der Waals surface area contributed by atoms with Crippen molar-refractivity contribution in [2.24, 2.45) is 0 Å². The van der Waals surface area contributed by atoms with E-state index in [1.165, 1.54) is 26.2 Å². The Morgan fingerprint density at radius 3 is 2.06 bits per heavy atom. The molecule has 0 amide bonds. The van der Waals surface area contributed by atoms with E-state index in [4.69, 9.17) is 9.84 Å². The lowest BCUT2D eigenvalue weighted by atomic mass is 9.84. The van der Waals surface area contributed by atoms with Gasteiger partial charge in [0.25, 0.3) is 0 Å². The molecule has 3 aromatic rings. The first kappa shape index (κ1) is 25.1. The van der Waals surface area contributed by atoms with Crippen molar-refractivity contribution < 1.29 is 41.3 Å². The van der Waals surface area contributed by atoms with Gasteiger partial charge in [-0.3, -0.25) is 0 Å². The van der Waals surface area contributed by atoms with E-state index in [0.29, 0.717) is 16.7 Å². The van der Waals surface area contributed by atoms with Crippen LogP contribution in [0.4, 0.5) is 26.3 Å². The van der Waals surface area contributed by atoms with Gasteiger partial charge in [0.1, 0.15) is 0 Å². The van der Waals surface area contributed by atoms with Crippen LogP contribution in [0.2, 0.25) is 0 Å². The molecule has 0 radical (unpaired) electrons. The molecule has 0 aliphatic rings. The topological polar surface area (TPSA) is 49.7 Å². The fourth-order valence-corrected chi connectivity index (χ4v) is 4.65. The van der Waals surface area contributed by atoms with E-state index in [0.717, 1.165) is 23.5 Å². The summed E-state index contributed by atoms with van der Waals surface area (Å²) in [6.45, 7) is 1.21. The first-order valence-electron chi connectivity index (χ1n) is 9.75. The number of aryl methyl sites for hydroxylation is 1. The van der Waals surface area contributed by atoms with Gasteiger partial charge in [0, 0.05) is 16.0 Å². The Bertz CT molecular complexity index is 1100. The van der Waals surface area contributed by atoms with Crippen LogP contribution in [0.5, 0.6) is 5.06 Å². The average Bonchev–Trinajstić information content (AvgIpc) is 3.20. The fourth-order valence-electron chi connectivity index (χ4n) is 3.62. The largest absolute Gasteiger partial charge is 0.487 e. The second kappa shape index (κ2) is 9.00. The molecule has 3 rings (SSSR count). The highest BCUT2D eigenvalue weighted by atomic mass is 32.1. The molecule has 0 spiro atoms. The van der Waals surface area contributed by atoms with E-state index < -0.39 is 29.1 Å². The molecule has 178 valence electrons. The number of halogens is 6. The normalized spacial score (nSPS) is 14.2. The summed E-state index contributed by atoms with van der Waals surface area (Å²) in [5.74, 6) is 0. The fraction of sp³-hybridized carbons (Fsp3) is 0.304. The monoisotopic (exact) mass is 490 g/mol. The number of rotatable bonds is 7. The number of methoxy groups -OCH3 is 1. The minimum absolute atomic E-state index is 0.0499. The lowest BCUT2D eigenvalue weighted by Crippen LogP contribution is -2.53. The molecular weight excluding hydrogens is 470 g/mol. The number of benzene rings is 2. The van der Waals surface area contributed by atoms with Crippen LogP contribution in [0.15, 0.2) is 48.5 Å². The Morgan fingerprint density at radius 2 is 1.58 bits per heavy atom. The molecule has 1 unspecified atom stereocenters. The number of aliphatic hydroxyl groups excluding tert-OH is 1. The summed E-state index contributed by atoms with van der Waals surface area (Å²) in [6.07, 6.45) is -12.0. The van der Waals surface area contributed by atoms with Crippen molar-refractivity contribution >= 4 is 11.3 Å². The molecule has 3 nitrogen and oxygen atoms in total. The van der Waals surface area contributed by atoms with Crippen LogP contribution in [0.1, 0.15) is 23.6 Å². The molecule has 1 atom stereocenters. The first-order valence-corrected chi connectivity index (χ1v) is 10.6. The predicted molar refractivity (Wildman–Crippen MR) is 113 cm³/mol. The third-order valence-corrected chi connectivity index (χ3v) is 6.41. The highest BCUT2D eigenvalue weighted by Gasteiger charge is 2.73. The Labute approximate surface area is 189 Å². The van der Waals surface area contributed by atoms with Gasteiger partial charge in [0.05, 0.1) is 13.7 Å². The lowest BCUT2D eigenvalue weighted by molar-refractivity contribution is -0.375. The summed E-state index contributed by atoms with van der Waals surface area (Å²) in [6, 6.07) is 11.6. The molecule has 1 heterocycles. The van der Waals surface area contributed by atoms with Crippen molar-refractivity contribution in [2.75, 3.05) is 7.11 Å². The maximum absolute atomic E-state index is 15.4. The third-order valence-electron chi connectivity index (χ3n) is 5.28. The van der Waals surface area contributed by atoms with Crippen molar-refractivity contribution in [3.63, 3.8) is 0 Å². The number of thiophene rings is 1.